The van der Waals surface area contributed by atoms with Crippen LogP contribution in [-0.4, -0.2) is 5.78 Å². The highest BCUT2D eigenvalue weighted by atomic mass is 16.1. The highest BCUT2D eigenvalue weighted by Gasteiger charge is 2.15. The lowest BCUT2D eigenvalue weighted by molar-refractivity contribution is 0.0946. The van der Waals surface area contributed by atoms with E-state index in [1.54, 1.807) is 6.08 Å². The van der Waals surface area contributed by atoms with Crippen molar-refractivity contribution >= 4 is 11.9 Å². The summed E-state index contributed by atoms with van der Waals surface area (Å²) in [5.41, 5.74) is 1.85. The highest BCUT2D eigenvalue weighted by molar-refractivity contribution is 5.99. The van der Waals surface area contributed by atoms with E-state index in [0.29, 0.717) is 6.42 Å². The second-order valence-electron chi connectivity index (χ2n) is 4.63. The molecule has 0 radical (unpaired) electrons. The number of ketones is 1. The molecule has 0 spiro atoms. The van der Waals surface area contributed by atoms with Crippen LogP contribution < -0.4 is 0 Å². The van der Waals surface area contributed by atoms with Crippen LogP contribution in [0.25, 0.3) is 6.08 Å². The van der Waals surface area contributed by atoms with E-state index in [-0.39, 0.29) is 11.7 Å². The van der Waals surface area contributed by atoms with Crippen molar-refractivity contribution in [1.82, 2.24) is 0 Å². The molecule has 2 rings (SSSR count). The topological polar surface area (TPSA) is 17.1 Å². The molecule has 1 atom stereocenters. The Labute approximate surface area is 120 Å². The Bertz CT molecular complexity index is 582. The summed E-state index contributed by atoms with van der Waals surface area (Å²) in [4.78, 5) is 12.5. The van der Waals surface area contributed by atoms with Gasteiger partial charge in [0.2, 0.25) is 0 Å². The summed E-state index contributed by atoms with van der Waals surface area (Å²) in [5.74, 6) is -0.0206. The van der Waals surface area contributed by atoms with Gasteiger partial charge in [0, 0.05) is 11.5 Å². The van der Waals surface area contributed by atoms with E-state index < -0.39 is 0 Å². The minimum Gasteiger partial charge on any atom is -0.294 e. The molecular formula is C19H18O. The molecule has 100 valence electrons. The normalized spacial score (nSPS) is 12.2. The molecule has 0 fully saturated rings. The molecule has 0 N–H and O–H groups in total. The summed E-state index contributed by atoms with van der Waals surface area (Å²) in [7, 11) is 0. The van der Waals surface area contributed by atoms with Gasteiger partial charge in [0.05, 0.1) is 0 Å². The van der Waals surface area contributed by atoms with Gasteiger partial charge in [0.15, 0.2) is 5.78 Å². The Morgan fingerprint density at radius 3 is 2.20 bits per heavy atom. The number of hydrogen-bond donors (Lipinski definition) is 0. The smallest absolute Gasteiger partial charge is 0.170 e. The molecule has 0 bridgehead atoms. The Morgan fingerprint density at radius 2 is 1.60 bits per heavy atom. The molecule has 2 aromatic rings. The van der Waals surface area contributed by atoms with Gasteiger partial charge in [-0.1, -0.05) is 78.9 Å². The zero-order valence-corrected chi connectivity index (χ0v) is 11.4. The van der Waals surface area contributed by atoms with Crippen molar-refractivity contribution in [3.05, 3.63) is 90.5 Å². The number of carbonyl (C=O) groups excluding carboxylic acids is 1. The maximum atomic E-state index is 12.5. The first-order valence-electron chi connectivity index (χ1n) is 6.74. The Hall–Kier alpha value is -2.41. The van der Waals surface area contributed by atoms with Crippen LogP contribution in [0.5, 0.6) is 0 Å². The molecule has 1 heteroatoms. The maximum Gasteiger partial charge on any atom is 0.170 e. The lowest BCUT2D eigenvalue weighted by Crippen LogP contribution is -2.11. The second-order valence-corrected chi connectivity index (χ2v) is 4.63. The van der Waals surface area contributed by atoms with E-state index >= 15 is 0 Å². The van der Waals surface area contributed by atoms with Crippen molar-refractivity contribution in [3.8, 4) is 0 Å². The van der Waals surface area contributed by atoms with Gasteiger partial charge < -0.3 is 0 Å². The fourth-order valence-corrected chi connectivity index (χ4v) is 2.06. The number of benzene rings is 2. The molecule has 0 heterocycles. The first-order valence-corrected chi connectivity index (χ1v) is 6.74. The van der Waals surface area contributed by atoms with Gasteiger partial charge in [-0.15, -0.1) is 6.58 Å². The van der Waals surface area contributed by atoms with Crippen molar-refractivity contribution in [1.29, 1.82) is 0 Å². The molecule has 0 saturated carbocycles. The van der Waals surface area contributed by atoms with Crippen LogP contribution in [-0.2, 0) is 0 Å². The summed E-state index contributed by atoms with van der Waals surface area (Å²) >= 11 is 0. The van der Waals surface area contributed by atoms with Crippen LogP contribution in [0.15, 0.2) is 79.4 Å². The monoisotopic (exact) mass is 262 g/mol. The van der Waals surface area contributed by atoms with Gasteiger partial charge in [0.25, 0.3) is 0 Å². The van der Waals surface area contributed by atoms with Crippen LogP contribution in [0, 0.1) is 5.92 Å². The summed E-state index contributed by atoms with van der Waals surface area (Å²) in [6.07, 6.45) is 6.40. The van der Waals surface area contributed by atoms with Crippen LogP contribution in [0.4, 0.5) is 0 Å². The predicted octanol–water partition coefficient (Wildman–Crippen LogP) is 4.78. The number of Topliss-reactive ketones (excluding diaryl/α,β-unsaturated/α-hetero) is 1. The van der Waals surface area contributed by atoms with E-state index in [4.69, 9.17) is 0 Å². The van der Waals surface area contributed by atoms with E-state index in [1.165, 1.54) is 0 Å². The van der Waals surface area contributed by atoms with Crippen LogP contribution in [0.1, 0.15) is 22.3 Å². The largest absolute Gasteiger partial charge is 0.294 e. The Kier molecular flexibility index (Phi) is 5.08. The van der Waals surface area contributed by atoms with Gasteiger partial charge in [-0.3, -0.25) is 4.79 Å². The quantitative estimate of drug-likeness (QED) is 0.541. The number of carbonyl (C=O) groups is 1. The van der Waals surface area contributed by atoms with Gasteiger partial charge >= 0.3 is 0 Å². The third-order valence-electron chi connectivity index (χ3n) is 3.14. The van der Waals surface area contributed by atoms with Crippen molar-refractivity contribution < 1.29 is 4.79 Å². The third-order valence-corrected chi connectivity index (χ3v) is 3.14. The van der Waals surface area contributed by atoms with E-state index in [2.05, 4.69) is 6.58 Å². The van der Waals surface area contributed by atoms with Crippen LogP contribution in [0.3, 0.4) is 0 Å². The molecule has 20 heavy (non-hydrogen) atoms. The van der Waals surface area contributed by atoms with Crippen molar-refractivity contribution in [3.63, 3.8) is 0 Å². The van der Waals surface area contributed by atoms with Crippen LogP contribution >= 0.6 is 0 Å². The van der Waals surface area contributed by atoms with Gasteiger partial charge in [-0.05, 0) is 12.0 Å². The van der Waals surface area contributed by atoms with Gasteiger partial charge in [-0.2, -0.15) is 0 Å². The van der Waals surface area contributed by atoms with E-state index in [9.17, 15) is 4.79 Å². The summed E-state index contributed by atoms with van der Waals surface area (Å²) in [6.45, 7) is 3.75. The summed E-state index contributed by atoms with van der Waals surface area (Å²) in [6, 6.07) is 19.4. The highest BCUT2D eigenvalue weighted by Crippen LogP contribution is 2.16. The SMILES string of the molecule is C=CCC(/C=C/c1ccccc1)C(=O)c1ccccc1. The number of allylic oxidation sites excluding steroid dienone is 2. The molecule has 1 nitrogen and oxygen atoms in total. The van der Waals surface area contributed by atoms with Gasteiger partial charge in [-0.25, -0.2) is 0 Å². The first-order chi connectivity index (χ1) is 9.81. The average molecular weight is 262 g/mol. The Balaban J connectivity index is 2.17. The first kappa shape index (κ1) is 14.0. The van der Waals surface area contributed by atoms with Crippen molar-refractivity contribution in [2.24, 2.45) is 5.92 Å². The minimum absolute atomic E-state index is 0.137. The van der Waals surface area contributed by atoms with Crippen molar-refractivity contribution in [2.75, 3.05) is 0 Å². The average Bonchev–Trinajstić information content (AvgIpc) is 2.52. The molecule has 0 aliphatic heterocycles. The lowest BCUT2D eigenvalue weighted by atomic mass is 9.93. The fourth-order valence-electron chi connectivity index (χ4n) is 2.06. The summed E-state index contributed by atoms with van der Waals surface area (Å²) < 4.78 is 0. The molecule has 0 aliphatic rings. The van der Waals surface area contributed by atoms with E-state index in [0.717, 1.165) is 11.1 Å². The zero-order valence-electron chi connectivity index (χ0n) is 11.4. The maximum absolute atomic E-state index is 12.5. The third kappa shape index (κ3) is 3.79. The van der Waals surface area contributed by atoms with Crippen molar-refractivity contribution in [2.45, 2.75) is 6.42 Å². The molecule has 0 saturated heterocycles. The van der Waals surface area contributed by atoms with Crippen LogP contribution in [0.2, 0.25) is 0 Å². The predicted molar refractivity (Wildman–Crippen MR) is 84.6 cm³/mol. The molecule has 1 unspecified atom stereocenters. The second kappa shape index (κ2) is 7.25. The van der Waals surface area contributed by atoms with Gasteiger partial charge in [0.1, 0.15) is 0 Å². The summed E-state index contributed by atoms with van der Waals surface area (Å²) in [5, 5.41) is 0. The fraction of sp³-hybridized carbons (Fsp3) is 0.105. The van der Waals surface area contributed by atoms with E-state index in [1.807, 2.05) is 72.8 Å². The number of hydrogen-bond acceptors (Lipinski definition) is 1. The molecule has 0 aliphatic carbocycles. The molecule has 0 aromatic heterocycles. The molecule has 2 aromatic carbocycles. The number of rotatable bonds is 6. The molecule has 0 amide bonds. The minimum atomic E-state index is -0.157. The zero-order chi connectivity index (χ0) is 14.2. The Morgan fingerprint density at radius 1 is 1.00 bits per heavy atom. The standard InChI is InChI=1S/C19H18O/c1-2-9-17(15-14-16-10-5-3-6-11-16)19(20)18-12-7-4-8-13-18/h2-8,10-15,17H,1,9H2/b15-14+. The lowest BCUT2D eigenvalue weighted by Gasteiger charge is -2.09. The molecular weight excluding hydrogens is 244 g/mol.